The van der Waals surface area contributed by atoms with Gasteiger partial charge in [0.15, 0.2) is 6.61 Å². The van der Waals surface area contributed by atoms with Crippen molar-refractivity contribution >= 4 is 23.0 Å². The highest BCUT2D eigenvalue weighted by Gasteiger charge is 2.25. The van der Waals surface area contributed by atoms with Gasteiger partial charge in [-0.3, -0.25) is 0 Å². The topological polar surface area (TPSA) is 80.4 Å². The molecular formula is C21H20F2N2O4. The third-order valence-corrected chi connectivity index (χ3v) is 4.24. The summed E-state index contributed by atoms with van der Waals surface area (Å²) in [6.07, 6.45) is -2.06. The molecule has 0 fully saturated rings. The van der Waals surface area contributed by atoms with Crippen molar-refractivity contribution in [2.75, 3.05) is 6.61 Å². The Bertz CT molecular complexity index is 959. The first-order chi connectivity index (χ1) is 14.0. The van der Waals surface area contributed by atoms with Gasteiger partial charge in [-0.15, -0.1) is 0 Å². The summed E-state index contributed by atoms with van der Waals surface area (Å²) in [5, 5.41) is 3.21. The average Bonchev–Trinajstić information content (AvgIpc) is 3.14. The predicted octanol–water partition coefficient (Wildman–Crippen LogP) is 3.81. The van der Waals surface area contributed by atoms with Crippen LogP contribution in [-0.2, 0) is 27.3 Å². The molecule has 8 heteroatoms. The van der Waals surface area contributed by atoms with Crippen molar-refractivity contribution in [3.63, 3.8) is 0 Å². The summed E-state index contributed by atoms with van der Waals surface area (Å²) < 4.78 is 34.3. The quantitative estimate of drug-likeness (QED) is 0.562. The van der Waals surface area contributed by atoms with E-state index in [1.807, 2.05) is 42.5 Å². The zero-order valence-electron chi connectivity index (χ0n) is 15.4. The lowest BCUT2D eigenvalue weighted by molar-refractivity contribution is -0.147. The molecule has 6 nitrogen and oxygen atoms in total. The first-order valence-corrected chi connectivity index (χ1v) is 9.00. The Morgan fingerprint density at radius 1 is 1.00 bits per heavy atom. The van der Waals surface area contributed by atoms with Crippen LogP contribution in [0.4, 0.5) is 13.6 Å². The van der Waals surface area contributed by atoms with Gasteiger partial charge in [-0.05, 0) is 17.2 Å². The van der Waals surface area contributed by atoms with Crippen LogP contribution < -0.4 is 5.32 Å². The van der Waals surface area contributed by atoms with E-state index in [1.165, 1.54) is 0 Å². The maximum Gasteiger partial charge on any atom is 0.408 e. The Morgan fingerprint density at radius 2 is 1.72 bits per heavy atom. The number of alkyl carbamates (subject to hydrolysis) is 1. The molecule has 2 aromatic carbocycles. The van der Waals surface area contributed by atoms with E-state index in [4.69, 9.17) is 4.74 Å². The highest BCUT2D eigenvalue weighted by atomic mass is 19.3. The van der Waals surface area contributed by atoms with Crippen molar-refractivity contribution in [2.45, 2.75) is 25.5 Å². The number of aromatic nitrogens is 1. The number of hydrogen-bond donors (Lipinski definition) is 2. The SMILES string of the molecule is O=C(NC(Cc1c[nH]c2ccccc12)C(=O)OCc1ccccc1)OCC(F)F. The minimum Gasteiger partial charge on any atom is -0.459 e. The molecule has 1 amide bonds. The van der Waals surface area contributed by atoms with Crippen molar-refractivity contribution in [3.05, 3.63) is 71.9 Å². The summed E-state index contributed by atoms with van der Waals surface area (Å²) in [6.45, 7) is -1.03. The number of carbonyl (C=O) groups excluding carboxylic acids is 2. The molecule has 0 saturated carbocycles. The number of benzene rings is 2. The van der Waals surface area contributed by atoms with Gasteiger partial charge in [0.25, 0.3) is 6.43 Å². The van der Waals surface area contributed by atoms with E-state index in [9.17, 15) is 18.4 Å². The van der Waals surface area contributed by atoms with E-state index >= 15 is 0 Å². The molecule has 0 saturated heterocycles. The summed E-state index contributed by atoms with van der Waals surface area (Å²) in [6, 6.07) is 15.4. The predicted molar refractivity (Wildman–Crippen MR) is 103 cm³/mol. The second-order valence-corrected chi connectivity index (χ2v) is 6.34. The van der Waals surface area contributed by atoms with Crippen LogP contribution in [0, 0.1) is 0 Å². The molecule has 0 bridgehead atoms. The van der Waals surface area contributed by atoms with Gasteiger partial charge in [-0.2, -0.15) is 0 Å². The van der Waals surface area contributed by atoms with Gasteiger partial charge in [0.05, 0.1) is 0 Å². The molecule has 0 spiro atoms. The first kappa shape index (κ1) is 20.3. The van der Waals surface area contributed by atoms with Crippen LogP contribution in [0.25, 0.3) is 10.9 Å². The number of amides is 1. The number of hydrogen-bond acceptors (Lipinski definition) is 4. The van der Waals surface area contributed by atoms with E-state index in [-0.39, 0.29) is 13.0 Å². The molecule has 152 valence electrons. The monoisotopic (exact) mass is 402 g/mol. The number of carbonyl (C=O) groups is 2. The van der Waals surface area contributed by atoms with E-state index in [0.29, 0.717) is 0 Å². The number of aromatic amines is 1. The van der Waals surface area contributed by atoms with E-state index in [2.05, 4.69) is 15.0 Å². The summed E-state index contributed by atoms with van der Waals surface area (Å²) >= 11 is 0. The lowest BCUT2D eigenvalue weighted by atomic mass is 10.1. The maximum atomic E-state index is 12.6. The third-order valence-electron chi connectivity index (χ3n) is 4.24. The van der Waals surface area contributed by atoms with E-state index in [0.717, 1.165) is 22.0 Å². The van der Waals surface area contributed by atoms with Crippen LogP contribution in [0.5, 0.6) is 0 Å². The van der Waals surface area contributed by atoms with Crippen molar-refractivity contribution in [1.82, 2.24) is 10.3 Å². The molecular weight excluding hydrogens is 382 g/mol. The van der Waals surface area contributed by atoms with Gasteiger partial charge in [-0.25, -0.2) is 18.4 Å². The lowest BCUT2D eigenvalue weighted by Crippen LogP contribution is -2.44. The van der Waals surface area contributed by atoms with Crippen molar-refractivity contribution < 1.29 is 27.8 Å². The normalized spacial score (nSPS) is 12.0. The van der Waals surface area contributed by atoms with Crippen molar-refractivity contribution in [3.8, 4) is 0 Å². The molecule has 3 rings (SSSR count). The maximum absolute atomic E-state index is 12.6. The second-order valence-electron chi connectivity index (χ2n) is 6.34. The molecule has 1 atom stereocenters. The van der Waals surface area contributed by atoms with Crippen LogP contribution in [0.15, 0.2) is 60.8 Å². The molecule has 3 aromatic rings. The minimum atomic E-state index is -2.79. The number of alkyl halides is 2. The molecule has 1 unspecified atom stereocenters. The zero-order chi connectivity index (χ0) is 20.6. The number of para-hydroxylation sites is 1. The fourth-order valence-electron chi connectivity index (χ4n) is 2.87. The van der Waals surface area contributed by atoms with Gasteiger partial charge >= 0.3 is 12.1 Å². The van der Waals surface area contributed by atoms with Gasteiger partial charge in [0.1, 0.15) is 12.6 Å². The lowest BCUT2D eigenvalue weighted by Gasteiger charge is -2.17. The van der Waals surface area contributed by atoms with E-state index in [1.54, 1.807) is 18.3 Å². The molecule has 1 heterocycles. The third kappa shape index (κ3) is 5.78. The molecule has 2 N–H and O–H groups in total. The largest absolute Gasteiger partial charge is 0.459 e. The number of rotatable bonds is 8. The smallest absolute Gasteiger partial charge is 0.408 e. The van der Waals surface area contributed by atoms with Gasteiger partial charge in [-0.1, -0.05) is 48.5 Å². The fourth-order valence-corrected chi connectivity index (χ4v) is 2.87. The highest BCUT2D eigenvalue weighted by Crippen LogP contribution is 2.19. The van der Waals surface area contributed by atoms with Gasteiger partial charge < -0.3 is 19.8 Å². The average molecular weight is 402 g/mol. The van der Waals surface area contributed by atoms with Crippen molar-refractivity contribution in [2.24, 2.45) is 0 Å². The summed E-state index contributed by atoms with van der Waals surface area (Å²) in [4.78, 5) is 27.5. The number of halogens is 2. The van der Waals surface area contributed by atoms with Gasteiger partial charge in [0.2, 0.25) is 0 Å². The molecule has 0 radical (unpaired) electrons. The van der Waals surface area contributed by atoms with Crippen LogP contribution >= 0.6 is 0 Å². The highest BCUT2D eigenvalue weighted by molar-refractivity contribution is 5.86. The number of nitrogens with one attached hydrogen (secondary N) is 2. The molecule has 0 aliphatic heterocycles. The Balaban J connectivity index is 1.71. The number of H-pyrrole nitrogens is 1. The molecule has 1 aromatic heterocycles. The van der Waals surface area contributed by atoms with Crippen LogP contribution in [0.3, 0.4) is 0 Å². The van der Waals surface area contributed by atoms with Crippen LogP contribution in [0.1, 0.15) is 11.1 Å². The van der Waals surface area contributed by atoms with Crippen LogP contribution in [0.2, 0.25) is 0 Å². The number of esters is 1. The Morgan fingerprint density at radius 3 is 2.48 bits per heavy atom. The van der Waals surface area contributed by atoms with Crippen LogP contribution in [-0.4, -0.2) is 36.1 Å². The standard InChI is InChI=1S/C21H20F2N2O4/c22-19(23)13-29-21(27)25-18(20(26)28-12-14-6-2-1-3-7-14)10-15-11-24-17-9-5-4-8-16(15)17/h1-9,11,18-19,24H,10,12-13H2,(H,25,27). The molecule has 0 aliphatic rings. The second kappa shape index (κ2) is 9.68. The Hall–Kier alpha value is -3.42. The first-order valence-electron chi connectivity index (χ1n) is 9.00. The molecule has 0 aliphatic carbocycles. The van der Waals surface area contributed by atoms with Gasteiger partial charge in [0, 0.05) is 23.5 Å². The van der Waals surface area contributed by atoms with Crippen molar-refractivity contribution in [1.29, 1.82) is 0 Å². The minimum absolute atomic E-state index is 0.0256. The summed E-state index contributed by atoms with van der Waals surface area (Å²) in [5.41, 5.74) is 2.43. The number of ether oxygens (including phenoxy) is 2. The Kier molecular flexibility index (Phi) is 6.78. The zero-order valence-corrected chi connectivity index (χ0v) is 15.4. The summed E-state index contributed by atoms with van der Waals surface area (Å²) in [5.74, 6) is -0.687. The summed E-state index contributed by atoms with van der Waals surface area (Å²) in [7, 11) is 0. The fraction of sp³-hybridized carbons (Fsp3) is 0.238. The van der Waals surface area contributed by atoms with E-state index < -0.39 is 31.1 Å². The number of fused-ring (bicyclic) bond motifs is 1. The molecule has 29 heavy (non-hydrogen) atoms. The Labute approximate surface area is 165 Å².